The van der Waals surface area contributed by atoms with Gasteiger partial charge < -0.3 is 18.7 Å². The zero-order chi connectivity index (χ0) is 24.8. The van der Waals surface area contributed by atoms with E-state index in [4.69, 9.17) is 18.7 Å². The fourth-order valence-electron chi connectivity index (χ4n) is 3.65. The van der Waals surface area contributed by atoms with Crippen LogP contribution in [0.3, 0.4) is 0 Å². The molecule has 182 valence electrons. The maximum Gasteiger partial charge on any atom is 0.359 e. The van der Waals surface area contributed by atoms with E-state index in [0.717, 1.165) is 19.3 Å². The first kappa shape index (κ1) is 23.9. The lowest BCUT2D eigenvalue weighted by atomic mass is 10.1. The number of esters is 1. The molecule has 0 fully saturated rings. The molecule has 4 rings (SSSR count). The summed E-state index contributed by atoms with van der Waals surface area (Å²) in [5.41, 5.74) is 0.429. The third-order valence-corrected chi connectivity index (χ3v) is 5.48. The molecule has 4 aromatic rings. The second kappa shape index (κ2) is 10.8. The molecule has 0 bridgehead atoms. The first-order chi connectivity index (χ1) is 17.0. The van der Waals surface area contributed by atoms with Crippen molar-refractivity contribution < 1.29 is 23.5 Å². The van der Waals surface area contributed by atoms with Crippen molar-refractivity contribution in [3.63, 3.8) is 0 Å². The second-order valence-electron chi connectivity index (χ2n) is 7.78. The number of hydrogen-bond donors (Lipinski definition) is 0. The number of rotatable bonds is 10. The molecule has 0 amide bonds. The molecule has 0 N–H and O–H groups in total. The van der Waals surface area contributed by atoms with Crippen LogP contribution in [0.2, 0.25) is 0 Å². The normalized spacial score (nSPS) is 10.9. The number of methoxy groups -OCH3 is 2. The van der Waals surface area contributed by atoms with E-state index >= 15 is 0 Å². The van der Waals surface area contributed by atoms with Crippen molar-refractivity contribution >= 4 is 16.7 Å². The van der Waals surface area contributed by atoms with Crippen molar-refractivity contribution in [3.8, 4) is 22.9 Å². The Morgan fingerprint density at radius 3 is 2.60 bits per heavy atom. The largest absolute Gasteiger partial charge is 0.497 e. The van der Waals surface area contributed by atoms with Crippen LogP contribution in [0.1, 0.15) is 42.6 Å². The smallest absolute Gasteiger partial charge is 0.359 e. The average molecular weight is 479 g/mol. The van der Waals surface area contributed by atoms with Crippen molar-refractivity contribution in [2.45, 2.75) is 39.3 Å². The van der Waals surface area contributed by atoms with Crippen molar-refractivity contribution in [2.75, 3.05) is 14.2 Å². The third kappa shape index (κ3) is 5.16. The first-order valence-electron chi connectivity index (χ1n) is 11.3. The molecule has 0 spiro atoms. The number of carbonyl (C=O) groups is 1. The predicted octanol–water partition coefficient (Wildman–Crippen LogP) is 4.01. The second-order valence-corrected chi connectivity index (χ2v) is 7.78. The fourth-order valence-corrected chi connectivity index (χ4v) is 3.65. The molecule has 2 aromatic carbocycles. The number of unbranched alkanes of at least 4 members (excludes halogenated alkanes) is 2. The van der Waals surface area contributed by atoms with Crippen LogP contribution in [0.4, 0.5) is 0 Å². The van der Waals surface area contributed by atoms with Crippen LogP contribution in [-0.4, -0.2) is 40.1 Å². The summed E-state index contributed by atoms with van der Waals surface area (Å²) in [6.07, 6.45) is 2.75. The van der Waals surface area contributed by atoms with Gasteiger partial charge in [-0.1, -0.05) is 43.1 Å². The topological polar surface area (TPSA) is 119 Å². The molecule has 0 atom stereocenters. The summed E-state index contributed by atoms with van der Waals surface area (Å²) < 4.78 is 22.6. The summed E-state index contributed by atoms with van der Waals surface area (Å²) in [7, 11) is 3.09. The fraction of sp³-hybridized carbons (Fsp3) is 0.320. The zero-order valence-electron chi connectivity index (χ0n) is 19.8. The Hall–Kier alpha value is -4.21. The maximum atomic E-state index is 12.9. The molecule has 0 aliphatic carbocycles. The van der Waals surface area contributed by atoms with Gasteiger partial charge in [-0.2, -0.15) is 10.1 Å². The van der Waals surface area contributed by atoms with Gasteiger partial charge in [0, 0.05) is 18.0 Å². The SMILES string of the molecule is CCCCCn1nc(C(=O)OCc2nc(-c3ccc(OC)cc3OC)no2)c2ccccc2c1=O. The van der Waals surface area contributed by atoms with Crippen LogP contribution in [0, 0.1) is 0 Å². The van der Waals surface area contributed by atoms with E-state index in [1.165, 1.54) is 11.8 Å². The number of benzene rings is 2. The minimum absolute atomic E-state index is 0.0632. The summed E-state index contributed by atoms with van der Waals surface area (Å²) in [6, 6.07) is 12.1. The molecule has 0 saturated carbocycles. The molecule has 0 radical (unpaired) electrons. The Labute approximate surface area is 201 Å². The van der Waals surface area contributed by atoms with Gasteiger partial charge in [0.25, 0.3) is 11.4 Å². The molecule has 0 aliphatic rings. The van der Waals surface area contributed by atoms with E-state index in [1.807, 2.05) is 0 Å². The van der Waals surface area contributed by atoms with Crippen LogP contribution in [0.25, 0.3) is 22.2 Å². The van der Waals surface area contributed by atoms with Gasteiger partial charge in [-0.05, 0) is 24.6 Å². The van der Waals surface area contributed by atoms with E-state index in [0.29, 0.717) is 34.4 Å². The minimum atomic E-state index is -0.688. The third-order valence-electron chi connectivity index (χ3n) is 5.48. The zero-order valence-corrected chi connectivity index (χ0v) is 19.8. The summed E-state index contributed by atoms with van der Waals surface area (Å²) in [6.45, 7) is 2.25. The Bertz CT molecular complexity index is 1390. The lowest BCUT2D eigenvalue weighted by molar-refractivity contribution is 0.0422. The summed E-state index contributed by atoms with van der Waals surface area (Å²) >= 11 is 0. The number of ether oxygens (including phenoxy) is 3. The van der Waals surface area contributed by atoms with Crippen LogP contribution >= 0.6 is 0 Å². The first-order valence-corrected chi connectivity index (χ1v) is 11.3. The molecule has 10 heteroatoms. The standard InChI is InChI=1S/C25H26N4O6/c1-4-5-8-13-29-24(30)18-10-7-6-9-17(18)22(27-29)25(31)34-15-21-26-23(28-35-21)19-12-11-16(32-2)14-20(19)33-3/h6-7,9-12,14H,4-5,8,13,15H2,1-3H3. The number of nitrogens with zero attached hydrogens (tertiary/aromatic N) is 4. The van der Waals surface area contributed by atoms with Gasteiger partial charge in [0.2, 0.25) is 5.82 Å². The molecule has 2 heterocycles. The van der Waals surface area contributed by atoms with Crippen LogP contribution in [0.5, 0.6) is 11.5 Å². The number of aromatic nitrogens is 4. The molecule has 0 saturated heterocycles. The van der Waals surface area contributed by atoms with Gasteiger partial charge in [0.15, 0.2) is 12.3 Å². The average Bonchev–Trinajstić information content (AvgIpc) is 3.37. The highest BCUT2D eigenvalue weighted by Gasteiger charge is 2.20. The Balaban J connectivity index is 1.55. The predicted molar refractivity (Wildman–Crippen MR) is 127 cm³/mol. The van der Waals surface area contributed by atoms with Crippen molar-refractivity contribution in [2.24, 2.45) is 0 Å². The number of fused-ring (bicyclic) bond motifs is 1. The molecular weight excluding hydrogens is 452 g/mol. The van der Waals surface area contributed by atoms with E-state index in [-0.39, 0.29) is 29.6 Å². The molecule has 0 aliphatic heterocycles. The van der Waals surface area contributed by atoms with E-state index in [2.05, 4.69) is 22.2 Å². The highest BCUT2D eigenvalue weighted by atomic mass is 16.6. The molecule has 2 aromatic heterocycles. The Morgan fingerprint density at radius 2 is 1.86 bits per heavy atom. The van der Waals surface area contributed by atoms with Crippen LogP contribution < -0.4 is 15.0 Å². The van der Waals surface area contributed by atoms with E-state index in [1.54, 1.807) is 49.6 Å². The monoisotopic (exact) mass is 478 g/mol. The summed E-state index contributed by atoms with van der Waals surface area (Å²) in [4.78, 5) is 30.1. The Morgan fingerprint density at radius 1 is 1.06 bits per heavy atom. The molecule has 35 heavy (non-hydrogen) atoms. The van der Waals surface area contributed by atoms with Gasteiger partial charge in [0.05, 0.1) is 25.2 Å². The molecular formula is C25H26N4O6. The van der Waals surface area contributed by atoms with Gasteiger partial charge in [-0.3, -0.25) is 4.79 Å². The van der Waals surface area contributed by atoms with E-state index in [9.17, 15) is 9.59 Å². The highest BCUT2D eigenvalue weighted by molar-refractivity contribution is 6.02. The summed E-state index contributed by atoms with van der Waals surface area (Å²) in [5.74, 6) is 0.830. The van der Waals surface area contributed by atoms with E-state index < -0.39 is 5.97 Å². The number of hydrogen-bond acceptors (Lipinski definition) is 9. The number of carbonyl (C=O) groups excluding carboxylic acids is 1. The van der Waals surface area contributed by atoms with Gasteiger partial charge in [0.1, 0.15) is 11.5 Å². The summed E-state index contributed by atoms with van der Waals surface area (Å²) in [5, 5.41) is 9.12. The lowest BCUT2D eigenvalue weighted by Crippen LogP contribution is -2.26. The van der Waals surface area contributed by atoms with Crippen molar-refractivity contribution in [1.29, 1.82) is 0 Å². The van der Waals surface area contributed by atoms with Crippen molar-refractivity contribution in [1.82, 2.24) is 19.9 Å². The van der Waals surface area contributed by atoms with Crippen LogP contribution in [-0.2, 0) is 17.9 Å². The molecule has 0 unspecified atom stereocenters. The highest BCUT2D eigenvalue weighted by Crippen LogP contribution is 2.31. The number of aryl methyl sites for hydroxylation is 1. The molecule has 10 nitrogen and oxygen atoms in total. The minimum Gasteiger partial charge on any atom is -0.497 e. The van der Waals surface area contributed by atoms with Gasteiger partial charge in [-0.25, -0.2) is 9.48 Å². The van der Waals surface area contributed by atoms with Crippen molar-refractivity contribution in [3.05, 3.63) is 64.4 Å². The quantitative estimate of drug-likeness (QED) is 0.246. The Kier molecular flexibility index (Phi) is 7.39. The van der Waals surface area contributed by atoms with Gasteiger partial charge >= 0.3 is 5.97 Å². The van der Waals surface area contributed by atoms with Gasteiger partial charge in [-0.15, -0.1) is 0 Å². The maximum absolute atomic E-state index is 12.9. The lowest BCUT2D eigenvalue weighted by Gasteiger charge is -2.10. The van der Waals surface area contributed by atoms with Crippen LogP contribution in [0.15, 0.2) is 51.8 Å².